The van der Waals surface area contributed by atoms with Crippen molar-refractivity contribution in [1.82, 2.24) is 30.6 Å². The summed E-state index contributed by atoms with van der Waals surface area (Å²) in [7, 11) is 0. The molecule has 2 amide bonds. The highest BCUT2D eigenvalue weighted by molar-refractivity contribution is 7.97. The molecular weight excluding hydrogens is 621 g/mol. The Bertz CT molecular complexity index is 1680. The van der Waals surface area contributed by atoms with E-state index in [4.69, 9.17) is 4.74 Å². The van der Waals surface area contributed by atoms with Crippen LogP contribution in [-0.4, -0.2) is 50.0 Å². The molecular formula is C38H52N6O3S. The first-order chi connectivity index (χ1) is 22.4. The van der Waals surface area contributed by atoms with E-state index in [1.807, 2.05) is 86.2 Å². The van der Waals surface area contributed by atoms with Crippen molar-refractivity contribution < 1.29 is 14.3 Å². The molecule has 0 spiro atoms. The average molecular weight is 673 g/mol. The molecule has 2 aromatic heterocycles. The van der Waals surface area contributed by atoms with Gasteiger partial charge in [-0.2, -0.15) is 11.8 Å². The van der Waals surface area contributed by atoms with Crippen molar-refractivity contribution in [2.45, 2.75) is 80.9 Å². The van der Waals surface area contributed by atoms with Crippen LogP contribution in [0.5, 0.6) is 0 Å². The summed E-state index contributed by atoms with van der Waals surface area (Å²) in [5.74, 6) is 1.48. The minimum Gasteiger partial charge on any atom is -0.444 e. The number of carbonyl (C=O) groups excluding carboxylic acids is 2. The molecule has 0 aliphatic rings. The van der Waals surface area contributed by atoms with Gasteiger partial charge in [0.1, 0.15) is 11.4 Å². The third kappa shape index (κ3) is 10.6. The molecule has 1 atom stereocenters. The fraction of sp³-hybridized carbons (Fsp3) is 0.421. The van der Waals surface area contributed by atoms with E-state index in [0.717, 1.165) is 45.0 Å². The molecule has 48 heavy (non-hydrogen) atoms. The Hall–Kier alpha value is -4.31. The number of nitrogens with one attached hydrogen (secondary N) is 4. The third-order valence-corrected chi connectivity index (χ3v) is 7.19. The average Bonchev–Trinajstić information content (AvgIpc) is 3.68. The van der Waals surface area contributed by atoms with Crippen LogP contribution >= 0.6 is 11.8 Å². The monoisotopic (exact) mass is 672 g/mol. The number of H-pyrrole nitrogens is 2. The summed E-state index contributed by atoms with van der Waals surface area (Å²) in [5.41, 5.74) is 6.30. The van der Waals surface area contributed by atoms with E-state index in [0.29, 0.717) is 11.5 Å². The van der Waals surface area contributed by atoms with Gasteiger partial charge >= 0.3 is 6.09 Å². The Labute approximate surface area is 290 Å². The van der Waals surface area contributed by atoms with E-state index in [-0.39, 0.29) is 17.9 Å². The summed E-state index contributed by atoms with van der Waals surface area (Å²) in [6, 6.07) is 16.3. The number of amides is 2. The van der Waals surface area contributed by atoms with Gasteiger partial charge in [-0.1, -0.05) is 83.1 Å². The number of benzene rings is 2. The number of ether oxygens (including phenoxy) is 1. The first kappa shape index (κ1) is 38.1. The predicted octanol–water partition coefficient (Wildman–Crippen LogP) is 9.25. The molecule has 0 saturated carbocycles. The Morgan fingerprint density at radius 1 is 0.771 bits per heavy atom. The normalized spacial score (nSPS) is 12.1. The van der Waals surface area contributed by atoms with E-state index in [1.165, 1.54) is 0 Å². The van der Waals surface area contributed by atoms with Crippen LogP contribution in [0.1, 0.15) is 86.9 Å². The van der Waals surface area contributed by atoms with Gasteiger partial charge in [-0.05, 0) is 80.9 Å². The van der Waals surface area contributed by atoms with Crippen LogP contribution in [0.2, 0.25) is 0 Å². The number of allylic oxidation sites excluding steroid dienone is 1. The number of rotatable bonds is 8. The second-order valence-corrected chi connectivity index (χ2v) is 15.2. The lowest BCUT2D eigenvalue weighted by Gasteiger charge is -2.25. The summed E-state index contributed by atoms with van der Waals surface area (Å²) in [6.45, 7) is 19.2. The topological polar surface area (TPSA) is 125 Å². The molecule has 2 heterocycles. The molecule has 4 N–H and O–H groups in total. The lowest BCUT2D eigenvalue weighted by molar-refractivity contribution is -0.129. The number of alkyl carbamates (subject to hydrolysis) is 1. The molecule has 1 unspecified atom stereocenters. The predicted molar refractivity (Wildman–Crippen MR) is 199 cm³/mol. The highest BCUT2D eigenvalue weighted by Crippen LogP contribution is 2.29. The lowest BCUT2D eigenvalue weighted by atomic mass is 9.94. The molecule has 10 heteroatoms. The Balaban J connectivity index is 0.00000201. The van der Waals surface area contributed by atoms with Gasteiger partial charge in [0.05, 0.1) is 35.5 Å². The summed E-state index contributed by atoms with van der Waals surface area (Å²) in [4.78, 5) is 40.9. The van der Waals surface area contributed by atoms with Gasteiger partial charge in [0.15, 0.2) is 5.82 Å². The fourth-order valence-corrected chi connectivity index (χ4v) is 4.66. The van der Waals surface area contributed by atoms with Crippen molar-refractivity contribution in [3.63, 3.8) is 0 Å². The molecule has 258 valence electrons. The summed E-state index contributed by atoms with van der Waals surface area (Å²) >= 11 is 1.75. The number of aromatic nitrogens is 4. The van der Waals surface area contributed by atoms with Crippen LogP contribution in [0.4, 0.5) is 4.79 Å². The van der Waals surface area contributed by atoms with Crippen LogP contribution < -0.4 is 10.6 Å². The maximum absolute atomic E-state index is 12.7. The zero-order valence-electron chi connectivity index (χ0n) is 30.5. The quantitative estimate of drug-likeness (QED) is 0.148. The second kappa shape index (κ2) is 16.2. The largest absolute Gasteiger partial charge is 0.444 e. The number of hydrogen-bond acceptors (Lipinski definition) is 6. The van der Waals surface area contributed by atoms with E-state index in [9.17, 15) is 9.59 Å². The Morgan fingerprint density at radius 3 is 1.67 bits per heavy atom. The van der Waals surface area contributed by atoms with Crippen molar-refractivity contribution >= 4 is 29.5 Å². The van der Waals surface area contributed by atoms with E-state index >= 15 is 0 Å². The van der Waals surface area contributed by atoms with E-state index < -0.39 is 17.1 Å². The minimum atomic E-state index is -0.598. The summed E-state index contributed by atoms with van der Waals surface area (Å²) < 4.78 is 5.42. The van der Waals surface area contributed by atoms with E-state index in [1.54, 1.807) is 18.0 Å². The fourth-order valence-electron chi connectivity index (χ4n) is 4.66. The molecule has 4 rings (SSSR count). The van der Waals surface area contributed by atoms with Crippen LogP contribution in [0.15, 0.2) is 66.5 Å². The zero-order chi connectivity index (χ0) is 35.8. The number of aromatic amines is 2. The Kier molecular flexibility index (Phi) is 12.9. The van der Waals surface area contributed by atoms with Gasteiger partial charge in [-0.15, -0.1) is 0 Å². The molecule has 0 saturated heterocycles. The van der Waals surface area contributed by atoms with Crippen molar-refractivity contribution in [3.05, 3.63) is 78.1 Å². The smallest absolute Gasteiger partial charge is 0.412 e. The number of carbonyl (C=O) groups is 2. The maximum atomic E-state index is 12.7. The SMILES string of the molecule is CC(C)=C(NC(=O)OC(C)(C)C)c1ncc(-c2ccc(-c3ccc(-c4cnc(C(NC(=O)C(C)(C)C)C(C)C)[nH]4)cc3)cc2)[nH]1.CSC. The highest BCUT2D eigenvalue weighted by atomic mass is 32.2. The lowest BCUT2D eigenvalue weighted by Crippen LogP contribution is -2.39. The van der Waals surface area contributed by atoms with Gasteiger partial charge in [-0.25, -0.2) is 14.8 Å². The molecule has 0 aliphatic carbocycles. The summed E-state index contributed by atoms with van der Waals surface area (Å²) in [6.07, 6.45) is 7.14. The maximum Gasteiger partial charge on any atom is 0.412 e. The van der Waals surface area contributed by atoms with Gasteiger partial charge in [-0.3, -0.25) is 10.1 Å². The van der Waals surface area contributed by atoms with Crippen molar-refractivity contribution in [2.24, 2.45) is 11.3 Å². The van der Waals surface area contributed by atoms with Crippen LogP contribution in [0.3, 0.4) is 0 Å². The van der Waals surface area contributed by atoms with Crippen LogP contribution in [-0.2, 0) is 9.53 Å². The van der Waals surface area contributed by atoms with Crippen molar-refractivity contribution in [3.8, 4) is 33.6 Å². The second-order valence-electron chi connectivity index (χ2n) is 14.3. The molecule has 2 aromatic carbocycles. The molecule has 4 aromatic rings. The Morgan fingerprint density at radius 2 is 1.23 bits per heavy atom. The van der Waals surface area contributed by atoms with E-state index in [2.05, 4.69) is 80.8 Å². The summed E-state index contributed by atoms with van der Waals surface area (Å²) in [5, 5.41) is 5.98. The molecule has 0 aliphatic heterocycles. The van der Waals surface area contributed by atoms with Crippen molar-refractivity contribution in [1.29, 1.82) is 0 Å². The first-order valence-electron chi connectivity index (χ1n) is 16.1. The van der Waals surface area contributed by atoms with Gasteiger partial charge in [0, 0.05) is 5.41 Å². The number of hydrogen-bond donors (Lipinski definition) is 4. The molecule has 0 radical (unpaired) electrons. The van der Waals surface area contributed by atoms with Gasteiger partial charge < -0.3 is 20.0 Å². The molecule has 0 bridgehead atoms. The van der Waals surface area contributed by atoms with Gasteiger partial charge in [0.2, 0.25) is 5.91 Å². The zero-order valence-corrected chi connectivity index (χ0v) is 31.3. The van der Waals surface area contributed by atoms with Gasteiger partial charge in [0.25, 0.3) is 0 Å². The third-order valence-electron chi connectivity index (χ3n) is 7.19. The highest BCUT2D eigenvalue weighted by Gasteiger charge is 2.28. The van der Waals surface area contributed by atoms with Crippen molar-refractivity contribution in [2.75, 3.05) is 12.5 Å². The van der Waals surface area contributed by atoms with Crippen LogP contribution in [0, 0.1) is 11.3 Å². The number of nitrogens with zero attached hydrogens (tertiary/aromatic N) is 2. The van der Waals surface area contributed by atoms with Crippen LogP contribution in [0.25, 0.3) is 39.3 Å². The minimum absolute atomic E-state index is 0.00431. The first-order valence-corrected chi connectivity index (χ1v) is 17.8. The number of imidazole rings is 2. The standard InChI is InChI=1S/C36H46N6O3.C2H6S/c1-21(2)29(41-33(43)35(5,6)7)31-37-19-27(39-31)25-15-11-23(12-16-25)24-13-17-26(18-14-24)28-20-38-32(40-28)30(22(3)4)42-34(44)45-36(8,9)10;1-3-2/h11-21,29H,1-10H3,(H,37,39)(H,38,40)(H,41,43)(H,42,44);1-2H3. The molecule has 0 fully saturated rings. The molecule has 9 nitrogen and oxygen atoms in total. The number of thioether (sulfide) groups is 1.